The second-order valence-electron chi connectivity index (χ2n) is 8.63. The molecule has 3 aromatic rings. The number of fused-ring (bicyclic) bond motifs is 2. The predicted molar refractivity (Wildman–Crippen MR) is 115 cm³/mol. The van der Waals surface area contributed by atoms with Gasteiger partial charge in [0.25, 0.3) is 5.91 Å². The Kier molecular flexibility index (Phi) is 4.89. The van der Waals surface area contributed by atoms with Crippen molar-refractivity contribution in [3.8, 4) is 6.07 Å². The molecule has 1 aromatic carbocycles. The van der Waals surface area contributed by atoms with Crippen molar-refractivity contribution in [3.63, 3.8) is 0 Å². The molecule has 2 atom stereocenters. The van der Waals surface area contributed by atoms with Crippen LogP contribution in [-0.2, 0) is 16.8 Å². The maximum Gasteiger partial charge on any atom is 0.268 e. The predicted octanol–water partition coefficient (Wildman–Crippen LogP) is 3.08. The number of para-hydroxylation sites is 1. The largest absolute Gasteiger partial charge is 0.348 e. The molecule has 3 N–H and O–H groups in total. The average molecular weight is 431 g/mol. The zero-order valence-electron chi connectivity index (χ0n) is 17.3. The van der Waals surface area contributed by atoms with Crippen LogP contribution >= 0.6 is 0 Å². The molecule has 0 spiro atoms. The second-order valence-corrected chi connectivity index (χ2v) is 8.63. The first-order chi connectivity index (χ1) is 15.5. The maximum atomic E-state index is 14.0. The van der Waals surface area contributed by atoms with E-state index in [1.165, 1.54) is 6.07 Å². The number of carbonyl (C=O) groups excluding carboxylic acids is 2. The maximum absolute atomic E-state index is 14.0. The molecule has 5 rings (SSSR count). The number of hydrogen-bond donors (Lipinski definition) is 3. The van der Waals surface area contributed by atoms with Crippen molar-refractivity contribution in [2.45, 2.75) is 43.7 Å². The molecule has 2 aliphatic rings. The van der Waals surface area contributed by atoms with Crippen LogP contribution in [0.4, 0.5) is 4.39 Å². The Labute approximate surface area is 184 Å². The highest BCUT2D eigenvalue weighted by Gasteiger charge is 2.42. The Balaban J connectivity index is 1.37. The van der Waals surface area contributed by atoms with Gasteiger partial charge < -0.3 is 15.6 Å². The lowest BCUT2D eigenvalue weighted by Gasteiger charge is -2.27. The van der Waals surface area contributed by atoms with E-state index in [9.17, 15) is 19.2 Å². The summed E-state index contributed by atoms with van der Waals surface area (Å²) in [5.41, 5.74) is 0.976. The summed E-state index contributed by atoms with van der Waals surface area (Å²) in [6, 6.07) is 9.50. The zero-order chi connectivity index (χ0) is 22.3. The molecule has 2 aliphatic carbocycles. The summed E-state index contributed by atoms with van der Waals surface area (Å²) >= 11 is 0. The van der Waals surface area contributed by atoms with Crippen LogP contribution in [0.2, 0.25) is 0 Å². The molecule has 1 saturated carbocycles. The fourth-order valence-corrected chi connectivity index (χ4v) is 4.45. The minimum Gasteiger partial charge on any atom is -0.348 e. The highest BCUT2D eigenvalue weighted by molar-refractivity contribution is 6.00. The smallest absolute Gasteiger partial charge is 0.268 e. The van der Waals surface area contributed by atoms with Crippen molar-refractivity contribution in [2.75, 3.05) is 0 Å². The van der Waals surface area contributed by atoms with Crippen LogP contribution in [0.1, 0.15) is 47.3 Å². The highest BCUT2D eigenvalue weighted by atomic mass is 19.1. The fourth-order valence-electron chi connectivity index (χ4n) is 4.45. The molecule has 0 aliphatic heterocycles. The lowest BCUT2D eigenvalue weighted by molar-refractivity contribution is -0.124. The van der Waals surface area contributed by atoms with Gasteiger partial charge in [-0.25, -0.2) is 4.39 Å². The van der Waals surface area contributed by atoms with Crippen LogP contribution in [0.15, 0.2) is 42.7 Å². The van der Waals surface area contributed by atoms with E-state index < -0.39 is 29.2 Å². The van der Waals surface area contributed by atoms with Crippen LogP contribution in [0.3, 0.4) is 0 Å². The topological polar surface area (TPSA) is 111 Å². The van der Waals surface area contributed by atoms with Gasteiger partial charge in [0.2, 0.25) is 5.91 Å². The summed E-state index contributed by atoms with van der Waals surface area (Å²) in [4.78, 5) is 33.1. The third-order valence-corrected chi connectivity index (χ3v) is 6.41. The lowest BCUT2D eigenvalue weighted by Crippen LogP contribution is -2.53. The Morgan fingerprint density at radius 1 is 1.34 bits per heavy atom. The van der Waals surface area contributed by atoms with Gasteiger partial charge in [-0.3, -0.25) is 14.6 Å². The SMILES string of the molecule is N#CC1(NC(=O)C(CC2CC2)NC(=O)c2cc3cccc(F)c3[nH]2)CCc2ccncc21. The number of pyridine rings is 1. The standard InChI is InChI=1S/C24H22FN5O2/c25-18-3-1-2-16-11-20(28-21(16)18)22(31)29-19(10-14-4-5-14)23(32)30-24(13-26)8-6-15-7-9-27-12-17(15)24/h1-3,7,9,11-12,14,19,28H,4-6,8,10H2,(H,29,31)(H,30,32). The molecular weight excluding hydrogens is 409 g/mol. The second kappa shape index (κ2) is 7.75. The van der Waals surface area contributed by atoms with Gasteiger partial charge in [-0.05, 0) is 48.9 Å². The zero-order valence-corrected chi connectivity index (χ0v) is 17.3. The number of aromatic amines is 1. The van der Waals surface area contributed by atoms with Gasteiger partial charge in [-0.1, -0.05) is 25.0 Å². The van der Waals surface area contributed by atoms with E-state index in [1.807, 2.05) is 6.07 Å². The summed E-state index contributed by atoms with van der Waals surface area (Å²) < 4.78 is 14.0. The monoisotopic (exact) mass is 431 g/mol. The van der Waals surface area contributed by atoms with Crippen molar-refractivity contribution in [1.29, 1.82) is 5.26 Å². The summed E-state index contributed by atoms with van der Waals surface area (Å²) in [6.45, 7) is 0. The molecule has 7 nitrogen and oxygen atoms in total. The minimum absolute atomic E-state index is 0.184. The van der Waals surface area contributed by atoms with Gasteiger partial charge in [0, 0.05) is 23.3 Å². The number of rotatable bonds is 6. The molecular formula is C24H22FN5O2. The van der Waals surface area contributed by atoms with Gasteiger partial charge in [0.15, 0.2) is 5.54 Å². The van der Waals surface area contributed by atoms with Gasteiger partial charge in [0.1, 0.15) is 17.6 Å². The Morgan fingerprint density at radius 3 is 2.94 bits per heavy atom. The van der Waals surface area contributed by atoms with E-state index in [-0.39, 0.29) is 11.2 Å². The van der Waals surface area contributed by atoms with E-state index >= 15 is 0 Å². The number of halogens is 1. The average Bonchev–Trinajstić information content (AvgIpc) is 3.38. The fraction of sp³-hybridized carbons (Fsp3) is 0.333. The lowest BCUT2D eigenvalue weighted by atomic mass is 9.94. The summed E-state index contributed by atoms with van der Waals surface area (Å²) in [5.74, 6) is -0.966. The quantitative estimate of drug-likeness (QED) is 0.557. The van der Waals surface area contributed by atoms with Crippen LogP contribution in [0.25, 0.3) is 10.9 Å². The van der Waals surface area contributed by atoms with E-state index in [1.54, 1.807) is 30.6 Å². The number of H-pyrrole nitrogens is 1. The van der Waals surface area contributed by atoms with Crippen LogP contribution in [0.5, 0.6) is 0 Å². The first-order valence-electron chi connectivity index (χ1n) is 10.7. The Bertz CT molecular complexity index is 1260. The first-order valence-corrected chi connectivity index (χ1v) is 10.7. The van der Waals surface area contributed by atoms with Crippen molar-refractivity contribution in [3.05, 3.63) is 65.4 Å². The Morgan fingerprint density at radius 2 is 2.19 bits per heavy atom. The molecule has 32 heavy (non-hydrogen) atoms. The Hall–Kier alpha value is -3.73. The molecule has 2 heterocycles. The number of benzene rings is 1. The van der Waals surface area contributed by atoms with Gasteiger partial charge in [-0.15, -0.1) is 0 Å². The minimum atomic E-state index is -1.16. The third kappa shape index (κ3) is 3.60. The molecule has 1 fully saturated rings. The number of aromatic nitrogens is 2. The number of aryl methyl sites for hydroxylation is 1. The van der Waals surface area contributed by atoms with Crippen molar-refractivity contribution in [1.82, 2.24) is 20.6 Å². The van der Waals surface area contributed by atoms with E-state index in [0.29, 0.717) is 36.1 Å². The molecule has 0 bridgehead atoms. The van der Waals surface area contributed by atoms with Crippen molar-refractivity contribution in [2.24, 2.45) is 5.92 Å². The van der Waals surface area contributed by atoms with Crippen molar-refractivity contribution < 1.29 is 14.0 Å². The third-order valence-electron chi connectivity index (χ3n) is 6.41. The molecule has 2 aromatic heterocycles. The van der Waals surface area contributed by atoms with Crippen LogP contribution in [0, 0.1) is 23.1 Å². The number of nitrogens with one attached hydrogen (secondary N) is 3. The van der Waals surface area contributed by atoms with Gasteiger partial charge in [0.05, 0.1) is 11.6 Å². The number of hydrogen-bond acceptors (Lipinski definition) is 4. The molecule has 0 saturated heterocycles. The normalized spacial score (nSPS) is 20.4. The molecule has 8 heteroatoms. The van der Waals surface area contributed by atoms with Crippen LogP contribution < -0.4 is 10.6 Å². The van der Waals surface area contributed by atoms with Gasteiger partial charge in [-0.2, -0.15) is 5.26 Å². The number of amides is 2. The molecule has 162 valence electrons. The molecule has 2 amide bonds. The molecule has 2 unspecified atom stereocenters. The number of nitrogens with zero attached hydrogens (tertiary/aromatic N) is 2. The van der Waals surface area contributed by atoms with Gasteiger partial charge >= 0.3 is 0 Å². The summed E-state index contributed by atoms with van der Waals surface area (Å²) in [6.07, 6.45) is 6.94. The number of carbonyl (C=O) groups is 2. The van der Waals surface area contributed by atoms with Crippen molar-refractivity contribution >= 4 is 22.7 Å². The van der Waals surface area contributed by atoms with E-state index in [2.05, 4.69) is 26.7 Å². The number of nitriles is 1. The summed E-state index contributed by atoms with van der Waals surface area (Å²) in [5, 5.41) is 16.2. The van der Waals surface area contributed by atoms with E-state index in [4.69, 9.17) is 0 Å². The highest BCUT2D eigenvalue weighted by Crippen LogP contribution is 2.37. The summed E-state index contributed by atoms with van der Waals surface area (Å²) in [7, 11) is 0. The molecule has 0 radical (unpaired) electrons. The van der Waals surface area contributed by atoms with Crippen LogP contribution in [-0.4, -0.2) is 27.8 Å². The van der Waals surface area contributed by atoms with E-state index in [0.717, 1.165) is 18.4 Å². The first kappa shape index (κ1) is 20.2.